The SMILES string of the molecule is CC1=CN(c2ccc3n(c2=O)CC(C)N(Cc2nsc4ccccc24)C3=O)C=CC2CC12. The molecule has 0 saturated heterocycles. The van der Waals surface area contributed by atoms with Crippen LogP contribution in [0.2, 0.25) is 0 Å². The molecule has 2 aliphatic heterocycles. The molecule has 0 bridgehead atoms. The maximum absolute atomic E-state index is 13.4. The van der Waals surface area contributed by atoms with E-state index in [0.29, 0.717) is 36.3 Å². The van der Waals surface area contributed by atoms with Gasteiger partial charge in [-0.05, 0) is 61.8 Å². The van der Waals surface area contributed by atoms with Gasteiger partial charge in [0.05, 0.1) is 16.9 Å². The second-order valence-corrected chi connectivity index (χ2v) is 9.86. The molecule has 1 amide bonds. The van der Waals surface area contributed by atoms with Crippen LogP contribution in [0.25, 0.3) is 10.1 Å². The third kappa shape index (κ3) is 3.03. The molecule has 1 aromatic carbocycles. The highest BCUT2D eigenvalue weighted by molar-refractivity contribution is 7.13. The fourth-order valence-corrected chi connectivity index (χ4v) is 5.73. The van der Waals surface area contributed by atoms with Gasteiger partial charge in [0.25, 0.3) is 11.5 Å². The number of amides is 1. The molecule has 6 nitrogen and oxygen atoms in total. The van der Waals surface area contributed by atoms with Gasteiger partial charge in [-0.3, -0.25) is 9.59 Å². The lowest BCUT2D eigenvalue weighted by atomic mass is 10.1. The number of benzene rings is 1. The molecule has 3 atom stereocenters. The number of aromatic nitrogens is 2. The molecule has 1 saturated carbocycles. The van der Waals surface area contributed by atoms with Crippen molar-refractivity contribution in [1.82, 2.24) is 13.8 Å². The summed E-state index contributed by atoms with van der Waals surface area (Å²) < 4.78 is 7.35. The second kappa shape index (κ2) is 7.17. The lowest BCUT2D eigenvalue weighted by Gasteiger charge is -2.35. The van der Waals surface area contributed by atoms with Crippen molar-refractivity contribution in [3.05, 3.63) is 82.2 Å². The lowest BCUT2D eigenvalue weighted by Crippen LogP contribution is -2.49. The van der Waals surface area contributed by atoms with Crippen molar-refractivity contribution in [3.8, 4) is 0 Å². The Bertz CT molecular complexity index is 1370. The van der Waals surface area contributed by atoms with Crippen LogP contribution in [0.3, 0.4) is 0 Å². The summed E-state index contributed by atoms with van der Waals surface area (Å²) in [4.78, 5) is 30.5. The lowest BCUT2D eigenvalue weighted by molar-refractivity contribution is 0.0589. The standard InChI is InChI=1S/C25H24N4O2S/c1-15-12-27(10-9-17-11-19(15)17)21-7-8-22-25(31)28(16(2)13-29(22)24(21)30)14-20-18-5-3-4-6-23(18)32-26-20/h3-10,12,16-17,19H,11,13-14H2,1-2H3. The number of fused-ring (bicyclic) bond motifs is 3. The number of rotatable bonds is 3. The number of hydrogen-bond acceptors (Lipinski definition) is 5. The number of hydrogen-bond donors (Lipinski definition) is 0. The summed E-state index contributed by atoms with van der Waals surface area (Å²) in [5.41, 5.74) is 3.12. The minimum atomic E-state index is -0.121. The van der Waals surface area contributed by atoms with Crippen LogP contribution in [0.5, 0.6) is 0 Å². The van der Waals surface area contributed by atoms with Crippen molar-refractivity contribution in [2.45, 2.75) is 39.4 Å². The van der Waals surface area contributed by atoms with E-state index in [1.807, 2.05) is 47.2 Å². The molecule has 162 valence electrons. The van der Waals surface area contributed by atoms with Crippen LogP contribution in [0.4, 0.5) is 5.69 Å². The van der Waals surface area contributed by atoms with E-state index in [9.17, 15) is 9.59 Å². The Kier molecular flexibility index (Phi) is 4.37. The van der Waals surface area contributed by atoms with Gasteiger partial charge in [-0.25, -0.2) is 0 Å². The summed E-state index contributed by atoms with van der Waals surface area (Å²) in [5, 5.41) is 1.09. The predicted octanol–water partition coefficient (Wildman–Crippen LogP) is 4.38. The number of carbonyl (C=O) groups excluding carboxylic acids is 1. The highest BCUT2D eigenvalue weighted by Gasteiger charge is 2.38. The van der Waals surface area contributed by atoms with Gasteiger partial charge >= 0.3 is 0 Å². The second-order valence-electron chi connectivity index (χ2n) is 9.06. The summed E-state index contributed by atoms with van der Waals surface area (Å²) in [7, 11) is 0. The van der Waals surface area contributed by atoms with Gasteiger partial charge < -0.3 is 14.4 Å². The first kappa shape index (κ1) is 19.5. The van der Waals surface area contributed by atoms with E-state index >= 15 is 0 Å². The Balaban J connectivity index is 1.33. The molecule has 0 radical (unpaired) electrons. The molecule has 6 rings (SSSR count). The molecule has 7 heteroatoms. The quantitative estimate of drug-likeness (QED) is 0.602. The van der Waals surface area contributed by atoms with Gasteiger partial charge in [-0.2, -0.15) is 4.37 Å². The predicted molar refractivity (Wildman–Crippen MR) is 127 cm³/mol. The van der Waals surface area contributed by atoms with Gasteiger partial charge in [-0.15, -0.1) is 0 Å². The topological polar surface area (TPSA) is 58.4 Å². The molecular weight excluding hydrogens is 420 g/mol. The van der Waals surface area contributed by atoms with E-state index in [4.69, 9.17) is 0 Å². The fraction of sp³-hybridized carbons (Fsp3) is 0.320. The Morgan fingerprint density at radius 2 is 2.00 bits per heavy atom. The average Bonchev–Trinajstić information content (AvgIpc) is 3.49. The van der Waals surface area contributed by atoms with Crippen LogP contribution in [-0.2, 0) is 13.1 Å². The maximum Gasteiger partial charge on any atom is 0.275 e. The van der Waals surface area contributed by atoms with Gasteiger partial charge in [0.2, 0.25) is 0 Å². The first-order chi connectivity index (χ1) is 15.5. The van der Waals surface area contributed by atoms with E-state index in [1.54, 1.807) is 16.7 Å². The zero-order valence-corrected chi connectivity index (χ0v) is 18.9. The summed E-state index contributed by atoms with van der Waals surface area (Å²) in [6.07, 6.45) is 7.45. The third-order valence-corrected chi connectivity index (χ3v) is 7.79. The summed E-state index contributed by atoms with van der Waals surface area (Å²) >= 11 is 1.46. The largest absolute Gasteiger partial charge is 0.327 e. The van der Waals surface area contributed by atoms with Gasteiger partial charge in [0, 0.05) is 30.4 Å². The minimum Gasteiger partial charge on any atom is -0.327 e. The molecule has 0 N–H and O–H groups in total. The molecule has 4 heterocycles. The zero-order valence-electron chi connectivity index (χ0n) is 18.1. The molecule has 3 aromatic rings. The van der Waals surface area contributed by atoms with E-state index in [0.717, 1.165) is 15.8 Å². The Morgan fingerprint density at radius 1 is 1.16 bits per heavy atom. The highest BCUT2D eigenvalue weighted by Crippen LogP contribution is 2.46. The number of nitrogens with zero attached hydrogens (tertiary/aromatic N) is 4. The zero-order chi connectivity index (χ0) is 22.0. The highest BCUT2D eigenvalue weighted by atomic mass is 32.1. The van der Waals surface area contributed by atoms with Crippen LogP contribution >= 0.6 is 11.5 Å². The molecule has 3 aliphatic rings. The van der Waals surface area contributed by atoms with Crippen LogP contribution in [-0.4, -0.2) is 25.8 Å². The summed E-state index contributed by atoms with van der Waals surface area (Å²) in [5.74, 6) is 1.08. The van der Waals surface area contributed by atoms with Crippen LogP contribution in [0.1, 0.15) is 36.5 Å². The molecule has 3 unspecified atom stereocenters. The normalized spacial score (nSPS) is 24.2. The maximum atomic E-state index is 13.4. The summed E-state index contributed by atoms with van der Waals surface area (Å²) in [6, 6.07) is 11.6. The fourth-order valence-electron chi connectivity index (χ4n) is 4.94. The van der Waals surface area contributed by atoms with Crippen LogP contribution in [0.15, 0.2) is 65.2 Å². The van der Waals surface area contributed by atoms with E-state index in [1.165, 1.54) is 23.5 Å². The number of carbonyl (C=O) groups is 1. The van der Waals surface area contributed by atoms with Crippen LogP contribution < -0.4 is 10.5 Å². The van der Waals surface area contributed by atoms with E-state index in [2.05, 4.69) is 23.6 Å². The summed E-state index contributed by atoms with van der Waals surface area (Å²) in [6.45, 7) is 5.05. The minimum absolute atomic E-state index is 0.104. The Morgan fingerprint density at radius 3 is 2.88 bits per heavy atom. The van der Waals surface area contributed by atoms with Gasteiger partial charge in [0.1, 0.15) is 11.4 Å². The molecule has 1 fully saturated rings. The first-order valence-corrected chi connectivity index (χ1v) is 11.8. The molecule has 32 heavy (non-hydrogen) atoms. The van der Waals surface area contributed by atoms with E-state index in [-0.39, 0.29) is 17.5 Å². The van der Waals surface area contributed by atoms with E-state index < -0.39 is 0 Å². The van der Waals surface area contributed by atoms with Gasteiger partial charge in [-0.1, -0.05) is 29.8 Å². The Labute approximate surface area is 190 Å². The number of allylic oxidation sites excluding steroid dienone is 2. The van der Waals surface area contributed by atoms with Crippen molar-refractivity contribution in [2.75, 3.05) is 4.90 Å². The average molecular weight is 445 g/mol. The third-order valence-electron chi connectivity index (χ3n) is 6.92. The van der Waals surface area contributed by atoms with Crippen LogP contribution in [0, 0.1) is 11.8 Å². The van der Waals surface area contributed by atoms with Crippen molar-refractivity contribution in [2.24, 2.45) is 11.8 Å². The number of anilines is 1. The molecular formula is C25H24N4O2S. The van der Waals surface area contributed by atoms with Crippen molar-refractivity contribution in [1.29, 1.82) is 0 Å². The molecule has 2 aromatic heterocycles. The molecule has 0 spiro atoms. The smallest absolute Gasteiger partial charge is 0.275 e. The Hall–Kier alpha value is -3.19. The number of pyridine rings is 1. The van der Waals surface area contributed by atoms with Crippen molar-refractivity contribution in [3.63, 3.8) is 0 Å². The van der Waals surface area contributed by atoms with Gasteiger partial charge in [0.15, 0.2) is 0 Å². The van der Waals surface area contributed by atoms with Crippen molar-refractivity contribution < 1.29 is 4.79 Å². The monoisotopic (exact) mass is 444 g/mol. The first-order valence-electron chi connectivity index (χ1n) is 11.0. The molecule has 1 aliphatic carbocycles. The van der Waals surface area contributed by atoms with Crippen molar-refractivity contribution >= 4 is 33.2 Å².